The molecule has 1 saturated heterocycles. The molecule has 3 fully saturated rings. The molecular formula is C23H32ClNO3. The highest BCUT2D eigenvalue weighted by Crippen LogP contribution is 2.61. The molecule has 154 valence electrons. The first-order chi connectivity index (χ1) is 13.0. The van der Waals surface area contributed by atoms with Gasteiger partial charge in [-0.1, -0.05) is 19.4 Å². The Morgan fingerprint density at radius 2 is 2.07 bits per heavy atom. The van der Waals surface area contributed by atoms with Crippen molar-refractivity contribution in [1.82, 2.24) is 4.90 Å². The van der Waals surface area contributed by atoms with Crippen LogP contribution in [0, 0.1) is 11.8 Å². The van der Waals surface area contributed by atoms with E-state index in [-0.39, 0.29) is 29.3 Å². The number of Topliss-reactive ketones (excluding diaryl/α,β-unsaturated/α-hetero) is 1. The summed E-state index contributed by atoms with van der Waals surface area (Å²) in [7, 11) is 1.86. The molecular weight excluding hydrogens is 374 g/mol. The van der Waals surface area contributed by atoms with Gasteiger partial charge in [-0.3, -0.25) is 9.69 Å². The van der Waals surface area contributed by atoms with Crippen LogP contribution in [-0.2, 0) is 21.4 Å². The lowest BCUT2D eigenvalue weighted by molar-refractivity contribution is -0.211. The Morgan fingerprint density at radius 3 is 2.75 bits per heavy atom. The summed E-state index contributed by atoms with van der Waals surface area (Å²) in [6.07, 6.45) is 7.13. The van der Waals surface area contributed by atoms with Crippen molar-refractivity contribution in [3.05, 3.63) is 29.3 Å². The fourth-order valence-electron chi connectivity index (χ4n) is 7.08. The van der Waals surface area contributed by atoms with Crippen LogP contribution in [0.15, 0.2) is 18.2 Å². The third kappa shape index (κ3) is 2.54. The molecule has 0 amide bonds. The molecule has 28 heavy (non-hydrogen) atoms. The lowest BCUT2D eigenvalue weighted by Crippen LogP contribution is -2.76. The number of benzene rings is 1. The van der Waals surface area contributed by atoms with Gasteiger partial charge in [0.2, 0.25) is 0 Å². The molecule has 0 aromatic heterocycles. The quantitative estimate of drug-likeness (QED) is 0.829. The van der Waals surface area contributed by atoms with Crippen molar-refractivity contribution < 1.29 is 14.6 Å². The van der Waals surface area contributed by atoms with E-state index in [1.807, 2.05) is 13.2 Å². The second kappa shape index (κ2) is 7.00. The minimum atomic E-state index is -0.344. The van der Waals surface area contributed by atoms with Gasteiger partial charge < -0.3 is 9.84 Å². The van der Waals surface area contributed by atoms with Gasteiger partial charge >= 0.3 is 0 Å². The maximum atomic E-state index is 12.8. The van der Waals surface area contributed by atoms with Crippen LogP contribution in [0.5, 0.6) is 5.75 Å². The molecule has 4 nitrogen and oxygen atoms in total. The average Bonchev–Trinajstić information content (AvgIpc) is 2.59. The van der Waals surface area contributed by atoms with Crippen molar-refractivity contribution >= 4 is 18.2 Å². The number of halogens is 1. The van der Waals surface area contributed by atoms with E-state index >= 15 is 0 Å². The molecule has 1 heterocycles. The van der Waals surface area contributed by atoms with Crippen molar-refractivity contribution in [1.29, 1.82) is 0 Å². The van der Waals surface area contributed by atoms with E-state index < -0.39 is 0 Å². The van der Waals surface area contributed by atoms with Gasteiger partial charge in [-0.2, -0.15) is 0 Å². The van der Waals surface area contributed by atoms with Crippen LogP contribution in [0.1, 0.15) is 56.6 Å². The van der Waals surface area contributed by atoms with E-state index in [4.69, 9.17) is 4.74 Å². The number of phenolic OH excluding ortho intramolecular Hbond substituents is 1. The van der Waals surface area contributed by atoms with Crippen molar-refractivity contribution in [3.63, 3.8) is 0 Å². The monoisotopic (exact) mass is 405 g/mol. The summed E-state index contributed by atoms with van der Waals surface area (Å²) in [5, 5.41) is 10.2. The zero-order chi connectivity index (χ0) is 18.8. The van der Waals surface area contributed by atoms with Gasteiger partial charge in [0.25, 0.3) is 0 Å². The maximum Gasteiger partial charge on any atom is 0.134 e. The molecule has 0 spiro atoms. The second-order valence-corrected chi connectivity index (χ2v) is 9.50. The largest absolute Gasteiger partial charge is 0.508 e. The number of nitrogens with zero attached hydrogens (tertiary/aromatic N) is 1. The number of hydrogen-bond acceptors (Lipinski definition) is 4. The minimum Gasteiger partial charge on any atom is -0.508 e. The number of rotatable bonds is 3. The SMILES string of the molecule is CO[C@@]12[C@H](C)CC(=O)C[C@@]13CCN(CC1CCC1)[C@@H]2Cc1ccc(O)cc13.Cl. The van der Waals surface area contributed by atoms with Crippen LogP contribution < -0.4 is 0 Å². The summed E-state index contributed by atoms with van der Waals surface area (Å²) in [4.78, 5) is 15.4. The van der Waals surface area contributed by atoms with Crippen molar-refractivity contribution in [2.75, 3.05) is 20.2 Å². The Balaban J connectivity index is 0.00000192. The highest BCUT2D eigenvalue weighted by Gasteiger charge is 2.68. The number of piperidine rings is 1. The van der Waals surface area contributed by atoms with Crippen LogP contribution in [-0.4, -0.2) is 47.6 Å². The van der Waals surface area contributed by atoms with Crippen LogP contribution in [0.2, 0.25) is 0 Å². The topological polar surface area (TPSA) is 49.8 Å². The number of ether oxygens (including phenoxy) is 1. The Kier molecular flexibility index (Phi) is 5.05. The molecule has 4 aliphatic rings. The molecule has 2 bridgehead atoms. The predicted molar refractivity (Wildman–Crippen MR) is 111 cm³/mol. The number of hydrogen-bond donors (Lipinski definition) is 1. The van der Waals surface area contributed by atoms with Gasteiger partial charge in [-0.05, 0) is 67.3 Å². The van der Waals surface area contributed by atoms with E-state index in [0.717, 1.165) is 25.3 Å². The highest BCUT2D eigenvalue weighted by molar-refractivity contribution is 5.85. The highest BCUT2D eigenvalue weighted by atomic mass is 35.5. The standard InChI is InChI=1S/C23H31NO3.ClH/c1-15-10-19(26)13-22-8-9-24(14-16-4-3-5-16)21(23(15,22)27-2)11-17-6-7-18(25)12-20(17)22;/h6-7,12,15-16,21,25H,3-5,8-11,13-14H2,1-2H3;1H/t15-,21-,22-,23-;/m1./s1. The fraction of sp³-hybridized carbons (Fsp3) is 0.696. The molecule has 2 saturated carbocycles. The number of carbonyl (C=O) groups is 1. The van der Waals surface area contributed by atoms with Gasteiger partial charge in [-0.15, -0.1) is 12.4 Å². The molecule has 0 unspecified atom stereocenters. The first-order valence-electron chi connectivity index (χ1n) is 10.6. The number of fused-ring (bicyclic) bond motifs is 1. The fourth-order valence-corrected chi connectivity index (χ4v) is 7.08. The summed E-state index contributed by atoms with van der Waals surface area (Å²) in [5.41, 5.74) is 1.82. The Bertz CT molecular complexity index is 779. The number of aromatic hydroxyl groups is 1. The van der Waals surface area contributed by atoms with Crippen molar-refractivity contribution in [2.45, 2.75) is 68.9 Å². The van der Waals surface area contributed by atoms with E-state index in [1.54, 1.807) is 6.07 Å². The first kappa shape index (κ1) is 20.2. The smallest absolute Gasteiger partial charge is 0.134 e. The first-order valence-corrected chi connectivity index (χ1v) is 10.6. The number of methoxy groups -OCH3 is 1. The number of ketones is 1. The second-order valence-electron chi connectivity index (χ2n) is 9.50. The molecule has 1 aromatic rings. The normalized spacial score (nSPS) is 37.4. The van der Waals surface area contributed by atoms with E-state index in [1.165, 1.54) is 36.9 Å². The van der Waals surface area contributed by atoms with Crippen LogP contribution in [0.25, 0.3) is 0 Å². The lowest BCUT2D eigenvalue weighted by Gasteiger charge is -2.67. The molecule has 5 rings (SSSR count). The third-order valence-corrected chi connectivity index (χ3v) is 8.35. The van der Waals surface area contributed by atoms with Crippen molar-refractivity contribution in [2.24, 2.45) is 11.8 Å². The Hall–Kier alpha value is -1.10. The average molecular weight is 406 g/mol. The summed E-state index contributed by atoms with van der Waals surface area (Å²) < 4.78 is 6.49. The molecule has 4 atom stereocenters. The third-order valence-electron chi connectivity index (χ3n) is 8.35. The van der Waals surface area contributed by atoms with Crippen LogP contribution in [0.4, 0.5) is 0 Å². The minimum absolute atomic E-state index is 0. The number of likely N-dealkylation sites (tertiary alicyclic amines) is 1. The van der Waals surface area contributed by atoms with Crippen LogP contribution >= 0.6 is 12.4 Å². The zero-order valence-corrected chi connectivity index (χ0v) is 17.8. The summed E-state index contributed by atoms with van der Waals surface area (Å²) in [6, 6.07) is 6.12. The molecule has 1 aromatic carbocycles. The maximum absolute atomic E-state index is 12.8. The number of phenols is 1. The Morgan fingerprint density at radius 1 is 1.29 bits per heavy atom. The van der Waals surface area contributed by atoms with Gasteiger partial charge in [-0.25, -0.2) is 0 Å². The van der Waals surface area contributed by atoms with Gasteiger partial charge in [0.1, 0.15) is 11.5 Å². The summed E-state index contributed by atoms with van der Waals surface area (Å²) in [6.45, 7) is 4.41. The molecule has 1 N–H and O–H groups in total. The van der Waals surface area contributed by atoms with Gasteiger partial charge in [0.05, 0.1) is 5.60 Å². The van der Waals surface area contributed by atoms with Gasteiger partial charge in [0, 0.05) is 38.0 Å². The molecule has 1 aliphatic heterocycles. The predicted octanol–water partition coefficient (Wildman–Crippen LogP) is 3.87. The van der Waals surface area contributed by atoms with Gasteiger partial charge in [0.15, 0.2) is 0 Å². The molecule has 0 radical (unpaired) electrons. The summed E-state index contributed by atoms with van der Waals surface area (Å²) >= 11 is 0. The Labute approximate surface area is 174 Å². The van der Waals surface area contributed by atoms with Crippen molar-refractivity contribution in [3.8, 4) is 5.75 Å². The van der Waals surface area contributed by atoms with E-state index in [0.29, 0.717) is 30.4 Å². The summed E-state index contributed by atoms with van der Waals surface area (Å²) in [5.74, 6) is 1.66. The lowest BCUT2D eigenvalue weighted by atomic mass is 9.46. The molecule has 3 aliphatic carbocycles. The number of carbonyl (C=O) groups excluding carboxylic acids is 1. The molecule has 5 heteroatoms. The van der Waals surface area contributed by atoms with E-state index in [9.17, 15) is 9.90 Å². The van der Waals surface area contributed by atoms with Crippen LogP contribution in [0.3, 0.4) is 0 Å². The van der Waals surface area contributed by atoms with E-state index in [2.05, 4.69) is 17.9 Å². The zero-order valence-electron chi connectivity index (χ0n) is 16.9.